The Balaban J connectivity index is 2.27. The first kappa shape index (κ1) is 18.2. The molecule has 0 fully saturated rings. The fourth-order valence-corrected chi connectivity index (χ4v) is 3.53. The summed E-state index contributed by atoms with van der Waals surface area (Å²) in [6.45, 7) is 0. The number of hydrazone groups is 1. The molecule has 0 saturated heterocycles. The summed E-state index contributed by atoms with van der Waals surface area (Å²) in [4.78, 5) is 1.68. The smallest absolute Gasteiger partial charge is 0.278 e. The number of phenols is 1. The summed E-state index contributed by atoms with van der Waals surface area (Å²) in [7, 11) is -4.06. The molecule has 0 bridgehead atoms. The quantitative estimate of drug-likeness (QED) is 0.445. The second-order valence-corrected chi connectivity index (χ2v) is 7.54. The molecule has 0 aliphatic rings. The number of nitrogens with one attached hydrogen (secondary N) is 1. The average molecular weight is 414 g/mol. The SMILES string of the molecule is O=S(=O)(N/N=C\c1cc(Cl)ccc1O)c1cc(Cl)c(Cl)cc1Cl. The van der Waals surface area contributed by atoms with Crippen molar-refractivity contribution in [2.45, 2.75) is 4.90 Å². The number of hydrogen-bond donors (Lipinski definition) is 2. The summed E-state index contributed by atoms with van der Waals surface area (Å²) in [5, 5.41) is 13.6. The first-order chi connectivity index (χ1) is 10.7. The predicted molar refractivity (Wildman–Crippen MR) is 92.5 cm³/mol. The Morgan fingerprint density at radius 2 is 1.65 bits per heavy atom. The van der Waals surface area contributed by atoms with E-state index in [1.165, 1.54) is 24.3 Å². The van der Waals surface area contributed by atoms with Crippen LogP contribution in [0.15, 0.2) is 40.3 Å². The van der Waals surface area contributed by atoms with Crippen LogP contribution in [0.2, 0.25) is 20.1 Å². The minimum absolute atomic E-state index is 0.0351. The van der Waals surface area contributed by atoms with Crippen LogP contribution in [0.3, 0.4) is 0 Å². The van der Waals surface area contributed by atoms with Gasteiger partial charge < -0.3 is 5.11 Å². The summed E-state index contributed by atoms with van der Waals surface area (Å²) in [5.41, 5.74) is 0.237. The van der Waals surface area contributed by atoms with Crippen LogP contribution >= 0.6 is 46.4 Å². The summed E-state index contributed by atoms with van der Waals surface area (Å²) in [6, 6.07) is 6.58. The molecule has 2 aromatic carbocycles. The molecule has 0 aliphatic heterocycles. The van der Waals surface area contributed by atoms with Crippen molar-refractivity contribution >= 4 is 62.6 Å². The van der Waals surface area contributed by atoms with Gasteiger partial charge in [-0.05, 0) is 30.3 Å². The topological polar surface area (TPSA) is 78.8 Å². The molecule has 23 heavy (non-hydrogen) atoms. The van der Waals surface area contributed by atoms with Crippen LogP contribution in [0.4, 0.5) is 0 Å². The second-order valence-electron chi connectivity index (χ2n) is 4.25. The first-order valence-corrected chi connectivity index (χ1v) is 8.88. The van der Waals surface area contributed by atoms with Gasteiger partial charge in [-0.2, -0.15) is 13.5 Å². The van der Waals surface area contributed by atoms with Crippen LogP contribution in [0.25, 0.3) is 0 Å². The van der Waals surface area contributed by atoms with E-state index in [9.17, 15) is 13.5 Å². The van der Waals surface area contributed by atoms with E-state index < -0.39 is 10.0 Å². The third-order valence-corrected chi connectivity index (χ3v) is 5.27. The van der Waals surface area contributed by atoms with Gasteiger partial charge in [-0.15, -0.1) is 0 Å². The van der Waals surface area contributed by atoms with E-state index in [1.54, 1.807) is 0 Å². The Labute approximate surface area is 152 Å². The fourth-order valence-electron chi connectivity index (χ4n) is 1.55. The van der Waals surface area contributed by atoms with Gasteiger partial charge in [0.1, 0.15) is 10.6 Å². The molecular weight excluding hydrogens is 406 g/mol. The number of phenolic OH excluding ortho intramolecular Hbond substituents is 1. The van der Waals surface area contributed by atoms with E-state index in [2.05, 4.69) is 5.10 Å². The van der Waals surface area contributed by atoms with Crippen LogP contribution < -0.4 is 4.83 Å². The first-order valence-electron chi connectivity index (χ1n) is 5.88. The minimum atomic E-state index is -4.06. The molecular formula is C13H8Cl4N2O3S. The van der Waals surface area contributed by atoms with Crippen molar-refractivity contribution < 1.29 is 13.5 Å². The van der Waals surface area contributed by atoms with E-state index in [0.717, 1.165) is 12.3 Å². The van der Waals surface area contributed by atoms with Gasteiger partial charge in [0.25, 0.3) is 10.0 Å². The lowest BCUT2D eigenvalue weighted by Crippen LogP contribution is -2.18. The van der Waals surface area contributed by atoms with Gasteiger partial charge in [0.05, 0.1) is 21.3 Å². The van der Waals surface area contributed by atoms with Gasteiger partial charge in [0.15, 0.2) is 0 Å². The van der Waals surface area contributed by atoms with Crippen LogP contribution in [0.1, 0.15) is 5.56 Å². The van der Waals surface area contributed by atoms with Crippen molar-refractivity contribution in [3.63, 3.8) is 0 Å². The number of rotatable bonds is 4. The average Bonchev–Trinajstić information content (AvgIpc) is 2.46. The maximum absolute atomic E-state index is 12.2. The van der Waals surface area contributed by atoms with Crippen LogP contribution in [0.5, 0.6) is 5.75 Å². The maximum Gasteiger partial charge on any atom is 0.278 e. The fraction of sp³-hybridized carbons (Fsp3) is 0. The normalized spacial score (nSPS) is 11.8. The number of halogens is 4. The molecule has 10 heteroatoms. The van der Waals surface area contributed by atoms with E-state index >= 15 is 0 Å². The van der Waals surface area contributed by atoms with Gasteiger partial charge in [-0.25, -0.2) is 4.83 Å². The highest BCUT2D eigenvalue weighted by Crippen LogP contribution is 2.31. The van der Waals surface area contributed by atoms with Gasteiger partial charge in [-0.3, -0.25) is 0 Å². The van der Waals surface area contributed by atoms with E-state index in [4.69, 9.17) is 46.4 Å². The number of benzene rings is 2. The number of aromatic hydroxyl groups is 1. The largest absolute Gasteiger partial charge is 0.507 e. The summed E-state index contributed by atoms with van der Waals surface area (Å²) >= 11 is 23.2. The molecule has 0 spiro atoms. The lowest BCUT2D eigenvalue weighted by atomic mass is 10.2. The molecule has 122 valence electrons. The monoisotopic (exact) mass is 412 g/mol. The molecule has 0 amide bonds. The molecule has 2 aromatic rings. The van der Waals surface area contributed by atoms with E-state index in [0.29, 0.717) is 5.02 Å². The van der Waals surface area contributed by atoms with Crippen molar-refractivity contribution in [3.05, 3.63) is 56.0 Å². The van der Waals surface area contributed by atoms with Crippen molar-refractivity contribution in [3.8, 4) is 5.75 Å². The predicted octanol–water partition coefficient (Wildman–Crippen LogP) is 4.32. The molecule has 2 N–H and O–H groups in total. The number of sulfonamides is 1. The molecule has 2 rings (SSSR count). The second kappa shape index (κ2) is 7.15. The van der Waals surface area contributed by atoms with Crippen LogP contribution in [0, 0.1) is 0 Å². The Morgan fingerprint density at radius 1 is 1.00 bits per heavy atom. The number of hydrogen-bond acceptors (Lipinski definition) is 4. The standard InChI is InChI=1S/C13H8Cl4N2O3S/c14-8-1-2-12(20)7(3-8)6-18-19-23(21,22)13-5-10(16)9(15)4-11(13)17/h1-6,19-20H/b18-6-. The third kappa shape index (κ3) is 4.43. The van der Waals surface area contributed by atoms with Gasteiger partial charge >= 0.3 is 0 Å². The molecule has 0 unspecified atom stereocenters. The highest BCUT2D eigenvalue weighted by atomic mass is 35.5. The Bertz CT molecular complexity index is 885. The third-order valence-electron chi connectivity index (χ3n) is 2.63. The summed E-state index contributed by atoms with van der Waals surface area (Å²) in [6.07, 6.45) is 1.10. The van der Waals surface area contributed by atoms with E-state index in [-0.39, 0.29) is 31.3 Å². The molecule has 5 nitrogen and oxygen atoms in total. The Hall–Kier alpha value is -1.18. The van der Waals surface area contributed by atoms with Crippen LogP contribution in [-0.4, -0.2) is 19.7 Å². The highest BCUT2D eigenvalue weighted by molar-refractivity contribution is 7.89. The maximum atomic E-state index is 12.2. The molecule has 0 aromatic heterocycles. The van der Waals surface area contributed by atoms with E-state index in [1.807, 2.05) is 4.83 Å². The summed E-state index contributed by atoms with van der Waals surface area (Å²) < 4.78 is 24.3. The van der Waals surface area contributed by atoms with Crippen molar-refractivity contribution in [2.75, 3.05) is 0 Å². The van der Waals surface area contributed by atoms with Crippen molar-refractivity contribution in [2.24, 2.45) is 5.10 Å². The molecule has 0 aliphatic carbocycles. The van der Waals surface area contributed by atoms with Gasteiger partial charge in [0, 0.05) is 10.6 Å². The lowest BCUT2D eigenvalue weighted by molar-refractivity contribution is 0.474. The van der Waals surface area contributed by atoms with Gasteiger partial charge in [0.2, 0.25) is 0 Å². The summed E-state index contributed by atoms with van der Waals surface area (Å²) in [5.74, 6) is -0.107. The van der Waals surface area contributed by atoms with Crippen molar-refractivity contribution in [1.29, 1.82) is 0 Å². The number of nitrogens with zero attached hydrogens (tertiary/aromatic N) is 1. The highest BCUT2D eigenvalue weighted by Gasteiger charge is 2.19. The zero-order valence-corrected chi connectivity index (χ0v) is 14.9. The minimum Gasteiger partial charge on any atom is -0.507 e. The molecule has 0 heterocycles. The Kier molecular flexibility index (Phi) is 5.65. The molecule has 0 saturated carbocycles. The Morgan fingerprint density at radius 3 is 2.35 bits per heavy atom. The van der Waals surface area contributed by atoms with Crippen LogP contribution in [-0.2, 0) is 10.0 Å². The molecule has 0 radical (unpaired) electrons. The van der Waals surface area contributed by atoms with Crippen molar-refractivity contribution in [1.82, 2.24) is 4.83 Å². The van der Waals surface area contributed by atoms with Gasteiger partial charge in [-0.1, -0.05) is 46.4 Å². The molecule has 0 atom stereocenters. The zero-order valence-electron chi connectivity index (χ0n) is 11.1. The lowest BCUT2D eigenvalue weighted by Gasteiger charge is -2.07. The zero-order chi connectivity index (χ0) is 17.2.